The van der Waals surface area contributed by atoms with Crippen LogP contribution >= 0.6 is 0 Å². The Kier molecular flexibility index (Phi) is 3.00. The molecule has 2 aliphatic rings. The number of carbonyl (C=O) groups is 2. The average Bonchev–Trinajstić information content (AvgIpc) is 3.19. The van der Waals surface area contributed by atoms with Crippen molar-refractivity contribution >= 4 is 23.1 Å². The minimum absolute atomic E-state index is 0.0912. The lowest BCUT2D eigenvalue weighted by atomic mass is 9.81. The number of hydrogen-bond acceptors (Lipinski definition) is 4. The minimum atomic E-state index is -0.665. The number of Topliss-reactive ketones (excluding diaryl/α,β-unsaturated/α-hetero) is 2. The summed E-state index contributed by atoms with van der Waals surface area (Å²) in [4.78, 5) is 26.5. The van der Waals surface area contributed by atoms with E-state index in [1.807, 2.05) is 43.3 Å². The normalized spacial score (nSPS) is 17.4. The highest BCUT2D eigenvalue weighted by Gasteiger charge is 2.44. The van der Waals surface area contributed by atoms with E-state index in [1.54, 1.807) is 18.2 Å². The van der Waals surface area contributed by atoms with Gasteiger partial charge < -0.3 is 5.32 Å². The molecule has 0 spiro atoms. The van der Waals surface area contributed by atoms with Gasteiger partial charge in [-0.05, 0) is 6.92 Å². The van der Waals surface area contributed by atoms with Crippen molar-refractivity contribution in [1.82, 2.24) is 10.2 Å². The van der Waals surface area contributed by atoms with E-state index in [2.05, 4.69) is 15.5 Å². The molecule has 1 aliphatic carbocycles. The Morgan fingerprint density at radius 1 is 1.00 bits per heavy atom. The second kappa shape index (κ2) is 5.26. The number of ketones is 2. The summed E-state index contributed by atoms with van der Waals surface area (Å²) in [7, 11) is 0. The zero-order chi connectivity index (χ0) is 17.8. The Morgan fingerprint density at radius 3 is 2.46 bits per heavy atom. The lowest BCUT2D eigenvalue weighted by Gasteiger charge is -2.24. The molecule has 0 amide bonds. The van der Waals surface area contributed by atoms with Gasteiger partial charge in [0.25, 0.3) is 0 Å². The summed E-state index contributed by atoms with van der Waals surface area (Å²) >= 11 is 0. The van der Waals surface area contributed by atoms with Gasteiger partial charge in [0.05, 0.1) is 11.6 Å². The van der Waals surface area contributed by atoms with Crippen molar-refractivity contribution in [3.8, 4) is 0 Å². The zero-order valence-corrected chi connectivity index (χ0v) is 14.0. The maximum Gasteiger partial charge on any atom is 0.192 e. The Hall–Kier alpha value is -3.47. The fourth-order valence-electron chi connectivity index (χ4n) is 3.89. The quantitative estimate of drug-likeness (QED) is 0.697. The number of allylic oxidation sites excluding steroid dienone is 1. The van der Waals surface area contributed by atoms with Gasteiger partial charge >= 0.3 is 0 Å². The summed E-state index contributed by atoms with van der Waals surface area (Å²) in [6, 6.07) is 16.5. The number of rotatable bonds is 2. The second-order valence-electron chi connectivity index (χ2n) is 6.56. The first kappa shape index (κ1) is 14.8. The van der Waals surface area contributed by atoms with Gasteiger partial charge in [0.15, 0.2) is 17.4 Å². The highest BCUT2D eigenvalue weighted by atomic mass is 16.1. The number of hydrogen-bond donors (Lipinski definition) is 2. The maximum atomic E-state index is 13.4. The molecule has 1 aliphatic heterocycles. The summed E-state index contributed by atoms with van der Waals surface area (Å²) in [6.45, 7) is 1.87. The molecular weight excluding hydrogens is 326 g/mol. The fraction of sp³-hybridized carbons (Fsp3) is 0.0952. The van der Waals surface area contributed by atoms with Crippen molar-refractivity contribution in [2.45, 2.75) is 12.8 Å². The fourth-order valence-corrected chi connectivity index (χ4v) is 3.89. The van der Waals surface area contributed by atoms with Crippen LogP contribution in [0, 0.1) is 6.92 Å². The van der Waals surface area contributed by atoms with Crippen LogP contribution in [-0.4, -0.2) is 21.8 Å². The number of nitrogens with one attached hydrogen (secondary N) is 2. The first-order chi connectivity index (χ1) is 12.7. The number of fused-ring (bicyclic) bond motifs is 3. The monoisotopic (exact) mass is 341 g/mol. The van der Waals surface area contributed by atoms with E-state index in [0.717, 1.165) is 16.8 Å². The van der Waals surface area contributed by atoms with Crippen molar-refractivity contribution in [2.24, 2.45) is 0 Å². The molecule has 0 saturated carbocycles. The molecule has 1 aromatic heterocycles. The number of carbonyl (C=O) groups excluding carboxylic acids is 2. The molecule has 2 heterocycles. The van der Waals surface area contributed by atoms with Gasteiger partial charge in [-0.3, -0.25) is 14.7 Å². The molecule has 126 valence electrons. The van der Waals surface area contributed by atoms with E-state index in [-0.39, 0.29) is 11.6 Å². The van der Waals surface area contributed by atoms with Crippen molar-refractivity contribution < 1.29 is 9.59 Å². The molecule has 1 atom stereocenters. The Labute approximate surface area is 149 Å². The number of aromatic amines is 1. The topological polar surface area (TPSA) is 74.8 Å². The number of anilines is 1. The molecule has 2 aromatic carbocycles. The van der Waals surface area contributed by atoms with Gasteiger partial charge in [0.2, 0.25) is 0 Å². The highest BCUT2D eigenvalue weighted by Crippen LogP contribution is 2.47. The van der Waals surface area contributed by atoms with Crippen LogP contribution in [0.4, 0.5) is 5.82 Å². The first-order valence-corrected chi connectivity index (χ1v) is 8.46. The highest BCUT2D eigenvalue weighted by molar-refractivity contribution is 6.27. The van der Waals surface area contributed by atoms with Gasteiger partial charge in [0, 0.05) is 33.5 Å². The van der Waals surface area contributed by atoms with Crippen molar-refractivity contribution in [2.75, 3.05) is 5.32 Å². The number of benzene rings is 2. The predicted molar refractivity (Wildman–Crippen MR) is 98.2 cm³/mol. The van der Waals surface area contributed by atoms with Gasteiger partial charge in [-0.15, -0.1) is 0 Å². The summed E-state index contributed by atoms with van der Waals surface area (Å²) in [5, 5.41) is 10.5. The predicted octanol–water partition coefficient (Wildman–Crippen LogP) is 3.72. The molecule has 5 rings (SSSR count). The van der Waals surface area contributed by atoms with Crippen LogP contribution in [0.3, 0.4) is 0 Å². The van der Waals surface area contributed by atoms with E-state index in [0.29, 0.717) is 28.2 Å². The van der Waals surface area contributed by atoms with Gasteiger partial charge in [-0.2, -0.15) is 5.10 Å². The average molecular weight is 341 g/mol. The lowest BCUT2D eigenvalue weighted by molar-refractivity contribution is 0.0942. The molecule has 0 fully saturated rings. The molecular formula is C21H15N3O2. The molecule has 5 nitrogen and oxygen atoms in total. The SMILES string of the molecule is Cc1[nH]nc2c1C(C(=O)c1ccccc1)C1=C(N2)c2ccccc2C1=O. The zero-order valence-electron chi connectivity index (χ0n) is 14.0. The molecule has 1 unspecified atom stereocenters. The largest absolute Gasteiger partial charge is 0.338 e. The van der Waals surface area contributed by atoms with Crippen molar-refractivity contribution in [3.05, 3.63) is 88.1 Å². The minimum Gasteiger partial charge on any atom is -0.338 e. The number of nitrogens with zero attached hydrogens (tertiary/aromatic N) is 1. The van der Waals surface area contributed by atoms with Crippen LogP contribution in [0.1, 0.15) is 43.5 Å². The number of aromatic nitrogens is 2. The summed E-state index contributed by atoms with van der Waals surface area (Å²) in [6.07, 6.45) is 0. The molecule has 0 saturated heterocycles. The lowest BCUT2D eigenvalue weighted by Crippen LogP contribution is -2.24. The Morgan fingerprint density at radius 2 is 1.69 bits per heavy atom. The van der Waals surface area contributed by atoms with E-state index in [9.17, 15) is 9.59 Å². The molecule has 0 radical (unpaired) electrons. The van der Waals surface area contributed by atoms with E-state index >= 15 is 0 Å². The van der Waals surface area contributed by atoms with Crippen molar-refractivity contribution in [1.29, 1.82) is 0 Å². The Bertz CT molecular complexity index is 1110. The van der Waals surface area contributed by atoms with Crippen molar-refractivity contribution in [3.63, 3.8) is 0 Å². The third kappa shape index (κ3) is 1.88. The third-order valence-corrected chi connectivity index (χ3v) is 5.09. The van der Waals surface area contributed by atoms with Gasteiger partial charge in [0.1, 0.15) is 0 Å². The summed E-state index contributed by atoms with van der Waals surface area (Å²) in [5.41, 5.74) is 4.78. The first-order valence-electron chi connectivity index (χ1n) is 8.46. The standard InChI is InChI=1S/C21H15N3O2/c1-11-15-16(19(25)12-7-3-2-4-8-12)17-18(22-21(15)24-23-11)13-9-5-6-10-14(13)20(17)26/h2-10,16H,1H3,(H2,22,23,24). The molecule has 0 bridgehead atoms. The third-order valence-electron chi connectivity index (χ3n) is 5.09. The van der Waals surface area contributed by atoms with Crippen LogP contribution in [0.15, 0.2) is 60.2 Å². The van der Waals surface area contributed by atoms with E-state index < -0.39 is 5.92 Å². The molecule has 2 N–H and O–H groups in total. The van der Waals surface area contributed by atoms with E-state index in [1.165, 1.54) is 0 Å². The van der Waals surface area contributed by atoms with Crippen LogP contribution < -0.4 is 5.32 Å². The second-order valence-corrected chi connectivity index (χ2v) is 6.56. The summed E-state index contributed by atoms with van der Waals surface area (Å²) in [5.74, 6) is -0.238. The number of H-pyrrole nitrogens is 1. The van der Waals surface area contributed by atoms with Gasteiger partial charge in [-0.1, -0.05) is 54.6 Å². The smallest absolute Gasteiger partial charge is 0.192 e. The summed E-state index contributed by atoms with van der Waals surface area (Å²) < 4.78 is 0. The Balaban J connectivity index is 1.75. The van der Waals surface area contributed by atoms with Gasteiger partial charge in [-0.25, -0.2) is 0 Å². The molecule has 5 heteroatoms. The number of aryl methyl sites for hydroxylation is 1. The van der Waals surface area contributed by atoms with Crippen LogP contribution in [0.25, 0.3) is 5.70 Å². The van der Waals surface area contributed by atoms with Crippen LogP contribution in [-0.2, 0) is 0 Å². The van der Waals surface area contributed by atoms with Crippen LogP contribution in [0.5, 0.6) is 0 Å². The van der Waals surface area contributed by atoms with E-state index in [4.69, 9.17) is 0 Å². The van der Waals surface area contributed by atoms with Crippen LogP contribution in [0.2, 0.25) is 0 Å². The molecule has 3 aromatic rings. The maximum absolute atomic E-state index is 13.4. The molecule has 26 heavy (non-hydrogen) atoms.